The Morgan fingerprint density at radius 2 is 1.77 bits per heavy atom. The van der Waals surface area contributed by atoms with Gasteiger partial charge in [-0.3, -0.25) is 25.2 Å². The van der Waals surface area contributed by atoms with Crippen LogP contribution in [0.25, 0.3) is 10.8 Å². The second-order valence-electron chi connectivity index (χ2n) is 6.89. The monoisotopic (exact) mass is 462 g/mol. The molecule has 1 aromatic heterocycles. The zero-order valence-electron chi connectivity index (χ0n) is 16.8. The van der Waals surface area contributed by atoms with Crippen molar-refractivity contribution in [3.8, 4) is 5.75 Å². The number of aromatic nitrogens is 2. The molecule has 0 bridgehead atoms. The fourth-order valence-corrected chi connectivity index (χ4v) is 3.17. The number of hydrazine groups is 1. The van der Waals surface area contributed by atoms with E-state index in [1.807, 2.05) is 0 Å². The zero-order chi connectivity index (χ0) is 22.5. The van der Waals surface area contributed by atoms with Gasteiger partial charge in [0.1, 0.15) is 10.8 Å². The molecule has 10 heteroatoms. The Kier molecular flexibility index (Phi) is 7.14. The first-order valence-corrected chi connectivity index (χ1v) is 10.2. The number of hydrogen-bond donors (Lipinski definition) is 2. The van der Waals surface area contributed by atoms with Crippen molar-refractivity contribution in [2.24, 2.45) is 0 Å². The molecule has 0 aliphatic rings. The number of hydrogen-bond acceptors (Lipinski definition) is 5. The summed E-state index contributed by atoms with van der Waals surface area (Å²) in [6, 6.07) is 11.4. The molecule has 0 atom stereocenters. The lowest BCUT2D eigenvalue weighted by molar-refractivity contribution is -0.122. The van der Waals surface area contributed by atoms with Crippen LogP contribution in [0.1, 0.15) is 36.8 Å². The van der Waals surface area contributed by atoms with E-state index in [4.69, 9.17) is 27.9 Å². The van der Waals surface area contributed by atoms with Gasteiger partial charge in [-0.15, -0.1) is 0 Å². The Hall–Kier alpha value is -3.10. The van der Waals surface area contributed by atoms with Crippen LogP contribution in [0.4, 0.5) is 0 Å². The summed E-state index contributed by atoms with van der Waals surface area (Å²) in [7, 11) is 0. The van der Waals surface area contributed by atoms with Crippen molar-refractivity contribution in [2.45, 2.75) is 26.3 Å². The highest BCUT2D eigenvalue weighted by Crippen LogP contribution is 2.31. The molecule has 2 aromatic carbocycles. The van der Waals surface area contributed by atoms with Gasteiger partial charge < -0.3 is 4.74 Å². The molecule has 0 aliphatic heterocycles. The number of rotatable bonds is 6. The molecular formula is C21H20Cl2N4O4. The molecule has 1 heterocycles. The number of carbonyl (C=O) groups excluding carboxylic acids is 2. The van der Waals surface area contributed by atoms with Crippen molar-refractivity contribution in [3.05, 3.63) is 68.6 Å². The standard InChI is InChI=1S/C21H20Cl2N4O4/c1-12(2)27-21(30)14-7-4-3-6-13(14)19(26-27)20(29)25-24-17(28)10-11-31-16-9-5-8-15(22)18(16)23/h3-9,12H,10-11H2,1-2H3,(H,24,28)(H,25,29). The van der Waals surface area contributed by atoms with E-state index in [2.05, 4.69) is 16.0 Å². The third-order valence-corrected chi connectivity index (χ3v) is 5.15. The molecule has 3 aromatic rings. The molecule has 8 nitrogen and oxygen atoms in total. The topological polar surface area (TPSA) is 102 Å². The summed E-state index contributed by atoms with van der Waals surface area (Å²) in [6.07, 6.45) is -0.0389. The molecule has 31 heavy (non-hydrogen) atoms. The third kappa shape index (κ3) is 5.15. The number of halogens is 2. The Balaban J connectivity index is 1.65. The molecule has 2 amide bonds. The summed E-state index contributed by atoms with van der Waals surface area (Å²) in [5.74, 6) is -0.761. The molecule has 0 fully saturated rings. The van der Waals surface area contributed by atoms with Crippen LogP contribution in [0.2, 0.25) is 10.0 Å². The lowest BCUT2D eigenvalue weighted by Crippen LogP contribution is -2.43. The largest absolute Gasteiger partial charge is 0.491 e. The van der Waals surface area contributed by atoms with Crippen molar-refractivity contribution in [1.82, 2.24) is 20.6 Å². The van der Waals surface area contributed by atoms with Gasteiger partial charge in [0.25, 0.3) is 11.5 Å². The fourth-order valence-electron chi connectivity index (χ4n) is 2.82. The first kappa shape index (κ1) is 22.6. The van der Waals surface area contributed by atoms with Gasteiger partial charge in [0.2, 0.25) is 5.91 Å². The number of ether oxygens (including phenoxy) is 1. The summed E-state index contributed by atoms with van der Waals surface area (Å²) in [5, 5.41) is 5.56. The van der Waals surface area contributed by atoms with Crippen molar-refractivity contribution in [3.63, 3.8) is 0 Å². The highest BCUT2D eigenvalue weighted by atomic mass is 35.5. The quantitative estimate of drug-likeness (QED) is 0.545. The number of carbonyl (C=O) groups is 2. The van der Waals surface area contributed by atoms with Gasteiger partial charge in [0.05, 0.1) is 29.5 Å². The lowest BCUT2D eigenvalue weighted by Gasteiger charge is -2.14. The summed E-state index contributed by atoms with van der Waals surface area (Å²) in [4.78, 5) is 37.3. The van der Waals surface area contributed by atoms with Crippen molar-refractivity contribution < 1.29 is 14.3 Å². The lowest BCUT2D eigenvalue weighted by atomic mass is 10.1. The predicted octanol–water partition coefficient (Wildman–Crippen LogP) is 3.51. The van der Waals surface area contributed by atoms with Crippen LogP contribution >= 0.6 is 23.2 Å². The van der Waals surface area contributed by atoms with E-state index in [9.17, 15) is 14.4 Å². The third-order valence-electron chi connectivity index (χ3n) is 4.35. The van der Waals surface area contributed by atoms with Gasteiger partial charge in [-0.2, -0.15) is 5.10 Å². The first-order valence-electron chi connectivity index (χ1n) is 9.47. The molecule has 0 unspecified atom stereocenters. The summed E-state index contributed by atoms with van der Waals surface area (Å²) < 4.78 is 6.69. The number of fused-ring (bicyclic) bond motifs is 1. The molecule has 0 aliphatic carbocycles. The summed E-state index contributed by atoms with van der Waals surface area (Å²) in [6.45, 7) is 3.61. The van der Waals surface area contributed by atoms with Gasteiger partial charge >= 0.3 is 0 Å². The maximum absolute atomic E-state index is 12.7. The van der Waals surface area contributed by atoms with E-state index < -0.39 is 11.8 Å². The second-order valence-corrected chi connectivity index (χ2v) is 7.68. The Bertz CT molecular complexity index is 1190. The highest BCUT2D eigenvalue weighted by Gasteiger charge is 2.18. The van der Waals surface area contributed by atoms with Crippen LogP contribution in [0.15, 0.2) is 47.3 Å². The van der Waals surface area contributed by atoms with Gasteiger partial charge in [-0.05, 0) is 32.0 Å². The number of nitrogens with zero attached hydrogens (tertiary/aromatic N) is 2. The van der Waals surface area contributed by atoms with E-state index in [0.717, 1.165) is 0 Å². The van der Waals surface area contributed by atoms with E-state index in [-0.39, 0.29) is 35.3 Å². The van der Waals surface area contributed by atoms with Crippen molar-refractivity contribution in [2.75, 3.05) is 6.61 Å². The molecule has 0 saturated heterocycles. The Labute approximate surface area is 188 Å². The molecule has 0 spiro atoms. The first-order chi connectivity index (χ1) is 14.8. The zero-order valence-corrected chi connectivity index (χ0v) is 18.3. The number of benzene rings is 2. The molecule has 3 rings (SSSR count). The molecule has 162 valence electrons. The molecular weight excluding hydrogens is 443 g/mol. The van der Waals surface area contributed by atoms with E-state index in [1.165, 1.54) is 4.68 Å². The van der Waals surface area contributed by atoms with Crippen LogP contribution in [0.3, 0.4) is 0 Å². The van der Waals surface area contributed by atoms with Gasteiger partial charge in [0.15, 0.2) is 5.69 Å². The van der Waals surface area contributed by atoms with Gasteiger partial charge in [-0.1, -0.05) is 47.5 Å². The van der Waals surface area contributed by atoms with Gasteiger partial charge in [0, 0.05) is 5.39 Å². The van der Waals surface area contributed by atoms with Crippen LogP contribution in [-0.4, -0.2) is 28.2 Å². The van der Waals surface area contributed by atoms with Crippen LogP contribution in [0.5, 0.6) is 5.75 Å². The maximum Gasteiger partial charge on any atom is 0.290 e. The normalized spacial score (nSPS) is 10.9. The van der Waals surface area contributed by atoms with Crippen molar-refractivity contribution >= 4 is 45.8 Å². The number of nitrogens with one attached hydrogen (secondary N) is 2. The van der Waals surface area contributed by atoms with Crippen molar-refractivity contribution in [1.29, 1.82) is 0 Å². The number of amides is 2. The minimum absolute atomic E-state index is 0.0289. The fraction of sp³-hybridized carbons (Fsp3) is 0.238. The van der Waals surface area contributed by atoms with Crippen LogP contribution in [0, 0.1) is 0 Å². The van der Waals surface area contributed by atoms with Crippen LogP contribution in [-0.2, 0) is 4.79 Å². The van der Waals surface area contributed by atoms with E-state index in [0.29, 0.717) is 21.5 Å². The highest BCUT2D eigenvalue weighted by molar-refractivity contribution is 6.42. The van der Waals surface area contributed by atoms with Gasteiger partial charge in [-0.25, -0.2) is 4.68 Å². The molecule has 2 N–H and O–H groups in total. The average Bonchev–Trinajstić information content (AvgIpc) is 2.75. The second kappa shape index (κ2) is 9.80. The summed E-state index contributed by atoms with van der Waals surface area (Å²) >= 11 is 11.9. The van der Waals surface area contributed by atoms with E-state index in [1.54, 1.807) is 56.3 Å². The average molecular weight is 463 g/mol. The molecule has 0 radical (unpaired) electrons. The Morgan fingerprint density at radius 3 is 2.48 bits per heavy atom. The Morgan fingerprint density at radius 1 is 1.06 bits per heavy atom. The van der Waals surface area contributed by atoms with E-state index >= 15 is 0 Å². The maximum atomic E-state index is 12.7. The smallest absolute Gasteiger partial charge is 0.290 e. The van der Waals surface area contributed by atoms with Crippen LogP contribution < -0.4 is 21.1 Å². The predicted molar refractivity (Wildman–Crippen MR) is 119 cm³/mol. The molecule has 0 saturated carbocycles. The summed E-state index contributed by atoms with van der Waals surface area (Å²) in [5.41, 5.74) is 4.39. The SMILES string of the molecule is CC(C)n1nc(C(=O)NNC(=O)CCOc2cccc(Cl)c2Cl)c2ccccc2c1=O. The minimum atomic E-state index is -0.641. The minimum Gasteiger partial charge on any atom is -0.491 e.